The highest BCUT2D eigenvalue weighted by Gasteiger charge is 2.24. The molecule has 0 radical (unpaired) electrons. The average molecular weight is 395 g/mol. The fourth-order valence-electron chi connectivity index (χ4n) is 3.99. The number of imidazole rings is 1. The van der Waals surface area contributed by atoms with E-state index in [0.29, 0.717) is 18.4 Å². The van der Waals surface area contributed by atoms with Crippen LogP contribution in [0.15, 0.2) is 46.1 Å². The summed E-state index contributed by atoms with van der Waals surface area (Å²) in [5.74, 6) is 1.90. The Morgan fingerprint density at radius 3 is 2.66 bits per heavy atom. The van der Waals surface area contributed by atoms with Crippen molar-refractivity contribution in [2.75, 3.05) is 6.54 Å². The van der Waals surface area contributed by atoms with Crippen molar-refractivity contribution in [3.05, 3.63) is 63.2 Å². The molecule has 1 aromatic carbocycles. The lowest BCUT2D eigenvalue weighted by atomic mass is 9.81. The van der Waals surface area contributed by atoms with Crippen LogP contribution in [0.2, 0.25) is 0 Å². The predicted octanol–water partition coefficient (Wildman–Crippen LogP) is 1.89. The summed E-state index contributed by atoms with van der Waals surface area (Å²) in [4.78, 5) is 45.2. The number of H-pyrrole nitrogens is 2. The molecule has 1 aliphatic carbocycles. The normalized spacial score (nSPS) is 19.3. The van der Waals surface area contributed by atoms with Gasteiger partial charge in [0, 0.05) is 37.7 Å². The van der Waals surface area contributed by atoms with Gasteiger partial charge in [-0.3, -0.25) is 14.6 Å². The largest absolute Gasteiger partial charge is 0.356 e. The molecule has 0 saturated heterocycles. The van der Waals surface area contributed by atoms with Crippen LogP contribution in [0.25, 0.3) is 11.0 Å². The maximum absolute atomic E-state index is 12.1. The molecule has 152 valence electrons. The zero-order valence-corrected chi connectivity index (χ0v) is 16.2. The van der Waals surface area contributed by atoms with Crippen molar-refractivity contribution in [3.8, 4) is 0 Å². The highest BCUT2D eigenvalue weighted by Crippen LogP contribution is 2.34. The number of nitrogens with zero attached hydrogens (tertiary/aromatic N) is 2. The Bertz CT molecular complexity index is 1070. The Labute approximate surface area is 167 Å². The second kappa shape index (κ2) is 8.46. The van der Waals surface area contributed by atoms with E-state index in [1.165, 1.54) is 16.8 Å². The molecular formula is C21H25N5O3. The van der Waals surface area contributed by atoms with Crippen molar-refractivity contribution in [1.82, 2.24) is 24.8 Å². The lowest BCUT2D eigenvalue weighted by Gasteiger charge is -2.27. The highest BCUT2D eigenvalue weighted by molar-refractivity contribution is 5.76. The predicted molar refractivity (Wildman–Crippen MR) is 110 cm³/mol. The van der Waals surface area contributed by atoms with E-state index < -0.39 is 11.2 Å². The Balaban J connectivity index is 1.22. The molecule has 0 unspecified atom stereocenters. The molecule has 1 saturated carbocycles. The summed E-state index contributed by atoms with van der Waals surface area (Å²) in [5.41, 5.74) is 1.17. The molecule has 8 nitrogen and oxygen atoms in total. The molecule has 29 heavy (non-hydrogen) atoms. The fraction of sp³-hybridized carbons (Fsp3) is 0.429. The first-order chi connectivity index (χ1) is 14.1. The van der Waals surface area contributed by atoms with Crippen LogP contribution in [-0.4, -0.2) is 32.0 Å². The van der Waals surface area contributed by atoms with Crippen LogP contribution in [0.3, 0.4) is 0 Å². The number of rotatable bonds is 6. The minimum absolute atomic E-state index is 0.0810. The maximum Gasteiger partial charge on any atom is 0.328 e. The van der Waals surface area contributed by atoms with Gasteiger partial charge >= 0.3 is 5.69 Å². The van der Waals surface area contributed by atoms with Crippen LogP contribution in [-0.2, 0) is 11.3 Å². The van der Waals surface area contributed by atoms with Crippen molar-refractivity contribution in [3.63, 3.8) is 0 Å². The molecule has 8 heteroatoms. The van der Waals surface area contributed by atoms with E-state index in [1.54, 1.807) is 0 Å². The molecule has 2 heterocycles. The number of nitrogens with one attached hydrogen (secondary N) is 3. The number of para-hydroxylation sites is 2. The quantitative estimate of drug-likeness (QED) is 0.591. The number of aromatic nitrogens is 4. The van der Waals surface area contributed by atoms with Crippen molar-refractivity contribution in [1.29, 1.82) is 0 Å². The summed E-state index contributed by atoms with van der Waals surface area (Å²) >= 11 is 0. The zero-order chi connectivity index (χ0) is 20.2. The lowest BCUT2D eigenvalue weighted by molar-refractivity contribution is -0.121. The van der Waals surface area contributed by atoms with Crippen LogP contribution >= 0.6 is 0 Å². The molecular weight excluding hydrogens is 370 g/mol. The van der Waals surface area contributed by atoms with E-state index in [-0.39, 0.29) is 18.9 Å². The van der Waals surface area contributed by atoms with Gasteiger partial charge in [0.1, 0.15) is 5.82 Å². The maximum atomic E-state index is 12.1. The Hall–Kier alpha value is -3.16. The van der Waals surface area contributed by atoms with Gasteiger partial charge in [-0.15, -0.1) is 0 Å². The summed E-state index contributed by atoms with van der Waals surface area (Å²) in [7, 11) is 0. The molecule has 4 rings (SSSR count). The first-order valence-corrected chi connectivity index (χ1v) is 10.1. The third kappa shape index (κ3) is 4.64. The molecule has 0 bridgehead atoms. The van der Waals surface area contributed by atoms with Gasteiger partial charge in [-0.05, 0) is 43.7 Å². The van der Waals surface area contributed by atoms with Gasteiger partial charge < -0.3 is 14.9 Å². The summed E-state index contributed by atoms with van der Waals surface area (Å²) in [6.07, 6.45) is 5.86. The number of aromatic amines is 2. The highest BCUT2D eigenvalue weighted by atomic mass is 16.2. The zero-order valence-electron chi connectivity index (χ0n) is 16.2. The third-order valence-corrected chi connectivity index (χ3v) is 5.71. The van der Waals surface area contributed by atoms with E-state index in [2.05, 4.69) is 15.3 Å². The van der Waals surface area contributed by atoms with E-state index in [4.69, 9.17) is 4.98 Å². The number of amides is 1. The first kappa shape index (κ1) is 19.2. The second-order valence-electron chi connectivity index (χ2n) is 7.71. The summed E-state index contributed by atoms with van der Waals surface area (Å²) in [5, 5.41) is 2.98. The lowest BCUT2D eigenvalue weighted by Crippen LogP contribution is -2.33. The van der Waals surface area contributed by atoms with Gasteiger partial charge in [-0.1, -0.05) is 12.1 Å². The van der Waals surface area contributed by atoms with E-state index >= 15 is 0 Å². The number of fused-ring (bicyclic) bond motifs is 1. The standard InChI is InChI=1S/C21H25N5O3/c27-18(9-11-26-12-10-19(28)25-21(26)29)22-13-14-5-7-15(8-6-14)20-23-16-3-1-2-4-17(16)24-20/h1-4,10,12,14-15H,5-9,11,13H2,(H,22,27)(H,23,24)(H,25,28,29). The summed E-state index contributed by atoms with van der Waals surface area (Å²) < 4.78 is 1.33. The molecule has 1 fully saturated rings. The van der Waals surface area contributed by atoms with Crippen molar-refractivity contribution in [2.24, 2.45) is 5.92 Å². The van der Waals surface area contributed by atoms with E-state index in [9.17, 15) is 14.4 Å². The van der Waals surface area contributed by atoms with Gasteiger partial charge in [-0.25, -0.2) is 9.78 Å². The van der Waals surface area contributed by atoms with Gasteiger partial charge in [0.2, 0.25) is 5.91 Å². The number of aryl methyl sites for hydroxylation is 1. The monoisotopic (exact) mass is 395 g/mol. The number of benzene rings is 1. The number of hydrogen-bond donors (Lipinski definition) is 3. The molecule has 0 spiro atoms. The fourth-order valence-corrected chi connectivity index (χ4v) is 3.99. The summed E-state index contributed by atoms with van der Waals surface area (Å²) in [6.45, 7) is 0.909. The first-order valence-electron chi connectivity index (χ1n) is 10.1. The number of carbonyl (C=O) groups is 1. The Morgan fingerprint density at radius 2 is 1.90 bits per heavy atom. The minimum Gasteiger partial charge on any atom is -0.356 e. The van der Waals surface area contributed by atoms with Crippen LogP contribution in [0.5, 0.6) is 0 Å². The topological polar surface area (TPSA) is 113 Å². The van der Waals surface area contributed by atoms with Crippen molar-refractivity contribution >= 4 is 16.9 Å². The van der Waals surface area contributed by atoms with E-state index in [1.807, 2.05) is 24.3 Å². The SMILES string of the molecule is O=C(CCn1ccc(=O)[nH]c1=O)NCC1CCC(c2nc3ccccc3[nH]2)CC1. The van der Waals surface area contributed by atoms with Crippen LogP contribution in [0.1, 0.15) is 43.8 Å². The molecule has 3 N–H and O–H groups in total. The van der Waals surface area contributed by atoms with E-state index in [0.717, 1.165) is 42.5 Å². The molecule has 1 aliphatic rings. The van der Waals surface area contributed by atoms with Gasteiger partial charge in [0.05, 0.1) is 11.0 Å². The Kier molecular flexibility index (Phi) is 5.59. The molecule has 1 amide bonds. The molecule has 0 aliphatic heterocycles. The third-order valence-electron chi connectivity index (χ3n) is 5.71. The second-order valence-corrected chi connectivity index (χ2v) is 7.71. The minimum atomic E-state index is -0.491. The molecule has 2 aromatic heterocycles. The van der Waals surface area contributed by atoms with Gasteiger partial charge in [0.25, 0.3) is 5.56 Å². The Morgan fingerprint density at radius 1 is 1.10 bits per heavy atom. The number of hydrogen-bond acceptors (Lipinski definition) is 4. The van der Waals surface area contributed by atoms with Crippen LogP contribution in [0.4, 0.5) is 0 Å². The molecule has 0 atom stereocenters. The van der Waals surface area contributed by atoms with Crippen molar-refractivity contribution in [2.45, 2.75) is 44.6 Å². The van der Waals surface area contributed by atoms with Crippen LogP contribution in [0, 0.1) is 5.92 Å². The number of carbonyl (C=O) groups excluding carboxylic acids is 1. The van der Waals surface area contributed by atoms with Crippen LogP contribution < -0.4 is 16.6 Å². The van der Waals surface area contributed by atoms with Gasteiger partial charge in [-0.2, -0.15) is 0 Å². The van der Waals surface area contributed by atoms with Gasteiger partial charge in [0.15, 0.2) is 0 Å². The van der Waals surface area contributed by atoms with Crippen molar-refractivity contribution < 1.29 is 4.79 Å². The summed E-state index contributed by atoms with van der Waals surface area (Å²) in [6, 6.07) is 9.36. The molecule has 3 aromatic rings. The smallest absolute Gasteiger partial charge is 0.328 e. The average Bonchev–Trinajstić information content (AvgIpc) is 3.16.